The number of alkyl halides is 4. The molecule has 4 rings (SSSR count). The number of hydrogen-bond acceptors (Lipinski definition) is 7. The maximum absolute atomic E-state index is 14.7. The summed E-state index contributed by atoms with van der Waals surface area (Å²) in [5.74, 6) is -0.654. The van der Waals surface area contributed by atoms with Crippen molar-refractivity contribution in [3.8, 4) is 22.8 Å². The summed E-state index contributed by atoms with van der Waals surface area (Å²) in [6, 6.07) is 3.95. The molecule has 168 valence electrons. The Bertz CT molecular complexity index is 1170. The Morgan fingerprint density at radius 2 is 1.91 bits per heavy atom. The Kier molecular flexibility index (Phi) is 5.49. The lowest BCUT2D eigenvalue weighted by Gasteiger charge is -2.36. The minimum atomic E-state index is -4.85. The van der Waals surface area contributed by atoms with Crippen LogP contribution in [0.4, 0.5) is 22.0 Å². The van der Waals surface area contributed by atoms with Crippen molar-refractivity contribution in [1.82, 2.24) is 15.1 Å². The molecule has 7 nitrogen and oxygen atoms in total. The lowest BCUT2D eigenvalue weighted by atomic mass is 9.84. The monoisotopic (exact) mass is 473 g/mol. The minimum Gasteiger partial charge on any atom is -0.452 e. The van der Waals surface area contributed by atoms with Gasteiger partial charge in [0.15, 0.2) is 23.4 Å². The van der Waals surface area contributed by atoms with E-state index in [4.69, 9.17) is 21.9 Å². The van der Waals surface area contributed by atoms with E-state index in [0.717, 1.165) is 12.1 Å². The number of nitrogens with zero attached hydrogens (tertiary/aromatic N) is 4. The molecule has 1 aromatic carbocycles. The van der Waals surface area contributed by atoms with Crippen LogP contribution in [-0.2, 0) is 10.3 Å². The van der Waals surface area contributed by atoms with Gasteiger partial charge in [0.1, 0.15) is 18.0 Å². The summed E-state index contributed by atoms with van der Waals surface area (Å²) in [6.07, 6.45) is -5.59. The Hall–Kier alpha value is -3.28. The van der Waals surface area contributed by atoms with Gasteiger partial charge in [-0.1, -0.05) is 16.8 Å². The van der Waals surface area contributed by atoms with Gasteiger partial charge in [-0.15, -0.1) is 0 Å². The van der Waals surface area contributed by atoms with E-state index < -0.39 is 48.3 Å². The molecule has 3 heterocycles. The summed E-state index contributed by atoms with van der Waals surface area (Å²) >= 11 is 5.75. The molecule has 0 aliphatic carbocycles. The highest BCUT2D eigenvalue weighted by molar-refractivity contribution is 6.30. The second kappa shape index (κ2) is 8.01. The van der Waals surface area contributed by atoms with Gasteiger partial charge < -0.3 is 15.0 Å². The standard InChI is InChI=1S/C19H13ClF5N5O2/c20-10-6-27-16(28-7-10)13-4-14(32-30-13)9-1-2-12(22)11(3-9)18(8-21)5-15(19(23,24)25)31-17(26)29-18/h1-4,6-7,15H,5,8H2,(H2,26,29)/t15-,18+/m0/s1. The SMILES string of the molecule is NC1=N[C@](CF)(c2cc(-c3cc(-c4ncc(Cl)cn4)no3)ccc2F)C[C@@H](C(F)(F)F)O1. The first-order valence-corrected chi connectivity index (χ1v) is 9.39. The summed E-state index contributed by atoms with van der Waals surface area (Å²) < 4.78 is 78.3. The topological polar surface area (TPSA) is 99.4 Å². The molecule has 1 aliphatic rings. The highest BCUT2D eigenvalue weighted by atomic mass is 35.5. The van der Waals surface area contributed by atoms with E-state index in [0.29, 0.717) is 5.02 Å². The molecule has 13 heteroatoms. The van der Waals surface area contributed by atoms with Crippen LogP contribution < -0.4 is 5.73 Å². The molecule has 0 radical (unpaired) electrons. The van der Waals surface area contributed by atoms with Crippen molar-refractivity contribution in [1.29, 1.82) is 0 Å². The first-order chi connectivity index (χ1) is 15.1. The van der Waals surface area contributed by atoms with Crippen LogP contribution in [0, 0.1) is 5.82 Å². The molecule has 32 heavy (non-hydrogen) atoms. The Morgan fingerprint density at radius 1 is 1.19 bits per heavy atom. The molecule has 2 aromatic heterocycles. The third-order valence-corrected chi connectivity index (χ3v) is 5.00. The fourth-order valence-electron chi connectivity index (χ4n) is 3.28. The largest absolute Gasteiger partial charge is 0.452 e. The molecule has 2 N–H and O–H groups in total. The maximum Gasteiger partial charge on any atom is 0.425 e. The molecule has 3 aromatic rings. The van der Waals surface area contributed by atoms with Gasteiger partial charge in [-0.25, -0.2) is 23.7 Å². The van der Waals surface area contributed by atoms with E-state index >= 15 is 0 Å². The van der Waals surface area contributed by atoms with Crippen molar-refractivity contribution in [2.45, 2.75) is 24.2 Å². The number of amidine groups is 1. The summed E-state index contributed by atoms with van der Waals surface area (Å²) in [6.45, 7) is -1.44. The molecule has 0 unspecified atom stereocenters. The molecule has 0 fully saturated rings. The summed E-state index contributed by atoms with van der Waals surface area (Å²) in [5.41, 5.74) is 3.16. The number of halogens is 6. The van der Waals surface area contributed by atoms with Crippen molar-refractivity contribution < 1.29 is 31.2 Å². The number of rotatable bonds is 4. The number of aromatic nitrogens is 3. The van der Waals surface area contributed by atoms with E-state index in [-0.39, 0.29) is 22.8 Å². The summed E-state index contributed by atoms with van der Waals surface area (Å²) in [4.78, 5) is 11.7. The molecular formula is C19H13ClF5N5O2. The Balaban J connectivity index is 1.74. The van der Waals surface area contributed by atoms with Crippen molar-refractivity contribution in [2.24, 2.45) is 10.7 Å². The van der Waals surface area contributed by atoms with Gasteiger partial charge in [0, 0.05) is 36.0 Å². The van der Waals surface area contributed by atoms with Crippen LogP contribution in [0.15, 0.2) is 46.2 Å². The first kappa shape index (κ1) is 21.9. The van der Waals surface area contributed by atoms with Crippen LogP contribution in [0.3, 0.4) is 0 Å². The van der Waals surface area contributed by atoms with Gasteiger partial charge in [0.05, 0.1) is 5.02 Å². The van der Waals surface area contributed by atoms with Crippen molar-refractivity contribution in [3.05, 3.63) is 53.1 Å². The number of aliphatic imine (C=N–C) groups is 1. The number of nitrogens with two attached hydrogens (primary N) is 1. The van der Waals surface area contributed by atoms with Gasteiger partial charge in [-0.2, -0.15) is 13.2 Å². The average molecular weight is 474 g/mol. The third-order valence-electron chi connectivity index (χ3n) is 4.81. The molecule has 0 saturated carbocycles. The van der Waals surface area contributed by atoms with Crippen molar-refractivity contribution >= 4 is 17.6 Å². The van der Waals surface area contributed by atoms with Crippen molar-refractivity contribution in [2.75, 3.05) is 6.67 Å². The van der Waals surface area contributed by atoms with Crippen LogP contribution in [-0.4, -0.2) is 40.1 Å². The van der Waals surface area contributed by atoms with Crippen molar-refractivity contribution in [3.63, 3.8) is 0 Å². The average Bonchev–Trinajstić information content (AvgIpc) is 3.23. The number of benzene rings is 1. The zero-order chi connectivity index (χ0) is 23.1. The second-order valence-corrected chi connectivity index (χ2v) is 7.40. The zero-order valence-electron chi connectivity index (χ0n) is 15.9. The fraction of sp³-hybridized carbons (Fsp3) is 0.263. The quantitative estimate of drug-likeness (QED) is 0.563. The third kappa shape index (κ3) is 4.09. The zero-order valence-corrected chi connectivity index (χ0v) is 16.7. The van der Waals surface area contributed by atoms with E-state index in [9.17, 15) is 22.0 Å². The van der Waals surface area contributed by atoms with Gasteiger partial charge in [0.2, 0.25) is 0 Å². The molecule has 0 bridgehead atoms. The number of ether oxygens (including phenoxy) is 1. The van der Waals surface area contributed by atoms with Gasteiger partial charge in [0.25, 0.3) is 6.02 Å². The molecule has 2 atom stereocenters. The summed E-state index contributed by atoms with van der Waals surface area (Å²) in [7, 11) is 0. The summed E-state index contributed by atoms with van der Waals surface area (Å²) in [5, 5.41) is 4.13. The van der Waals surface area contributed by atoms with Crippen LogP contribution in [0.2, 0.25) is 5.02 Å². The van der Waals surface area contributed by atoms with Crippen LogP contribution in [0.5, 0.6) is 0 Å². The maximum atomic E-state index is 14.7. The van der Waals surface area contributed by atoms with Gasteiger partial charge >= 0.3 is 6.18 Å². The van der Waals surface area contributed by atoms with Gasteiger partial charge in [-0.3, -0.25) is 0 Å². The molecule has 0 spiro atoms. The predicted octanol–water partition coefficient (Wildman–Crippen LogP) is 4.42. The molecular weight excluding hydrogens is 461 g/mol. The molecule has 0 saturated heterocycles. The van der Waals surface area contributed by atoms with Crippen LogP contribution >= 0.6 is 11.6 Å². The molecule has 1 aliphatic heterocycles. The minimum absolute atomic E-state index is 0.116. The highest BCUT2D eigenvalue weighted by Crippen LogP contribution is 2.42. The predicted molar refractivity (Wildman–Crippen MR) is 103 cm³/mol. The Labute approximate surface area is 182 Å². The Morgan fingerprint density at radius 3 is 2.56 bits per heavy atom. The highest BCUT2D eigenvalue weighted by Gasteiger charge is 2.52. The van der Waals surface area contributed by atoms with E-state index in [2.05, 4.69) is 24.9 Å². The van der Waals surface area contributed by atoms with Crippen LogP contribution in [0.1, 0.15) is 12.0 Å². The number of hydrogen-bond donors (Lipinski definition) is 1. The second-order valence-electron chi connectivity index (χ2n) is 6.96. The normalized spacial score (nSPS) is 21.2. The van der Waals surface area contributed by atoms with E-state index in [1.165, 1.54) is 24.5 Å². The first-order valence-electron chi connectivity index (χ1n) is 9.01. The van der Waals surface area contributed by atoms with E-state index in [1.54, 1.807) is 0 Å². The van der Waals surface area contributed by atoms with Gasteiger partial charge in [-0.05, 0) is 18.2 Å². The smallest absolute Gasteiger partial charge is 0.425 e. The molecule has 0 amide bonds. The lowest BCUT2D eigenvalue weighted by Crippen LogP contribution is -2.48. The van der Waals surface area contributed by atoms with Crippen LogP contribution in [0.25, 0.3) is 22.8 Å². The lowest BCUT2D eigenvalue weighted by molar-refractivity contribution is -0.209. The van der Waals surface area contributed by atoms with E-state index in [1.807, 2.05) is 0 Å². The fourth-order valence-corrected chi connectivity index (χ4v) is 3.38.